The minimum absolute atomic E-state index is 0.00681. The second kappa shape index (κ2) is 8.02. The van der Waals surface area contributed by atoms with Gasteiger partial charge in [0.15, 0.2) is 0 Å². The summed E-state index contributed by atoms with van der Waals surface area (Å²) in [5, 5.41) is 0.746. The summed E-state index contributed by atoms with van der Waals surface area (Å²) in [6, 6.07) is 4.48. The lowest BCUT2D eigenvalue weighted by molar-refractivity contribution is -0.146. The number of carbonyl (C=O) groups is 2. The van der Waals surface area contributed by atoms with Gasteiger partial charge in [-0.05, 0) is 24.6 Å². The first-order chi connectivity index (χ1) is 9.01. The molecule has 1 rings (SSSR count). The van der Waals surface area contributed by atoms with E-state index in [9.17, 15) is 9.59 Å². The summed E-state index contributed by atoms with van der Waals surface area (Å²) in [6.07, 6.45) is 0.691. The monoisotopic (exact) mass is 304 g/mol. The number of carbonyl (C=O) groups excluding carboxylic acids is 2. The third kappa shape index (κ3) is 6.45. The first-order valence-electron chi connectivity index (χ1n) is 5.83. The SMILES string of the molecule is CCCOC(=O)CCC(=O)Oc1cc(Cl)cc(Cl)c1. The van der Waals surface area contributed by atoms with Crippen LogP contribution in [0.25, 0.3) is 0 Å². The van der Waals surface area contributed by atoms with E-state index in [1.54, 1.807) is 0 Å². The highest BCUT2D eigenvalue weighted by Crippen LogP contribution is 2.24. The van der Waals surface area contributed by atoms with Gasteiger partial charge >= 0.3 is 11.9 Å². The van der Waals surface area contributed by atoms with Gasteiger partial charge in [0.2, 0.25) is 0 Å². The van der Waals surface area contributed by atoms with Crippen LogP contribution in [0.4, 0.5) is 0 Å². The van der Waals surface area contributed by atoms with Gasteiger partial charge in [0.1, 0.15) is 5.75 Å². The maximum absolute atomic E-state index is 11.5. The lowest BCUT2D eigenvalue weighted by Gasteiger charge is -2.05. The van der Waals surface area contributed by atoms with E-state index in [2.05, 4.69) is 0 Å². The van der Waals surface area contributed by atoms with Crippen LogP contribution < -0.4 is 4.74 Å². The average Bonchev–Trinajstić information content (AvgIpc) is 2.32. The van der Waals surface area contributed by atoms with Crippen LogP contribution in [0.1, 0.15) is 26.2 Å². The Hall–Kier alpha value is -1.26. The molecule has 0 N–H and O–H groups in total. The largest absolute Gasteiger partial charge is 0.466 e. The molecule has 0 aliphatic heterocycles. The fourth-order valence-electron chi connectivity index (χ4n) is 1.26. The first kappa shape index (κ1) is 15.8. The zero-order valence-electron chi connectivity index (χ0n) is 10.4. The van der Waals surface area contributed by atoms with Crippen LogP contribution in [0.3, 0.4) is 0 Å². The normalized spacial score (nSPS) is 10.1. The molecular formula is C13H14Cl2O4. The standard InChI is InChI=1S/C13H14Cl2O4/c1-2-5-18-12(16)3-4-13(17)19-11-7-9(14)6-10(15)8-11/h6-8H,2-5H2,1H3. The van der Waals surface area contributed by atoms with E-state index in [4.69, 9.17) is 32.7 Å². The highest BCUT2D eigenvalue weighted by Gasteiger charge is 2.10. The molecule has 0 saturated heterocycles. The van der Waals surface area contributed by atoms with Crippen molar-refractivity contribution in [3.8, 4) is 5.75 Å². The molecule has 6 heteroatoms. The first-order valence-corrected chi connectivity index (χ1v) is 6.59. The Kier molecular flexibility index (Phi) is 6.67. The zero-order valence-corrected chi connectivity index (χ0v) is 12.0. The Morgan fingerprint density at radius 2 is 1.63 bits per heavy atom. The van der Waals surface area contributed by atoms with Crippen LogP contribution in [0.2, 0.25) is 10.0 Å². The summed E-state index contributed by atoms with van der Waals surface area (Å²) in [7, 11) is 0. The molecule has 0 fully saturated rings. The topological polar surface area (TPSA) is 52.6 Å². The number of ether oxygens (including phenoxy) is 2. The Morgan fingerprint density at radius 1 is 1.05 bits per heavy atom. The predicted molar refractivity (Wildman–Crippen MR) is 72.6 cm³/mol. The molecule has 0 unspecified atom stereocenters. The molecule has 4 nitrogen and oxygen atoms in total. The highest BCUT2D eigenvalue weighted by atomic mass is 35.5. The van der Waals surface area contributed by atoms with E-state index < -0.39 is 11.9 Å². The van der Waals surface area contributed by atoms with Crippen molar-refractivity contribution >= 4 is 35.1 Å². The van der Waals surface area contributed by atoms with Crippen molar-refractivity contribution in [1.29, 1.82) is 0 Å². The van der Waals surface area contributed by atoms with Crippen molar-refractivity contribution in [3.05, 3.63) is 28.2 Å². The zero-order chi connectivity index (χ0) is 14.3. The van der Waals surface area contributed by atoms with Gasteiger partial charge in [0.25, 0.3) is 0 Å². The number of rotatable bonds is 6. The smallest absolute Gasteiger partial charge is 0.311 e. The predicted octanol–water partition coefficient (Wildman–Crippen LogP) is 3.63. The number of halogens is 2. The molecule has 0 bridgehead atoms. The van der Waals surface area contributed by atoms with E-state index in [0.29, 0.717) is 16.7 Å². The van der Waals surface area contributed by atoms with E-state index in [-0.39, 0.29) is 18.6 Å². The summed E-state index contributed by atoms with van der Waals surface area (Å²) in [4.78, 5) is 22.7. The molecular weight excluding hydrogens is 291 g/mol. The summed E-state index contributed by atoms with van der Waals surface area (Å²) in [5.74, 6) is -0.695. The average molecular weight is 305 g/mol. The molecule has 0 heterocycles. The molecule has 0 saturated carbocycles. The van der Waals surface area contributed by atoms with Gasteiger partial charge in [-0.2, -0.15) is 0 Å². The summed E-state index contributed by atoms with van der Waals surface area (Å²) in [6.45, 7) is 2.25. The van der Waals surface area contributed by atoms with Crippen LogP contribution >= 0.6 is 23.2 Å². The molecule has 1 aromatic rings. The van der Waals surface area contributed by atoms with Gasteiger partial charge in [-0.15, -0.1) is 0 Å². The number of hydrogen-bond acceptors (Lipinski definition) is 4. The van der Waals surface area contributed by atoms with Gasteiger partial charge in [0, 0.05) is 10.0 Å². The molecule has 0 radical (unpaired) electrons. The van der Waals surface area contributed by atoms with Gasteiger partial charge < -0.3 is 9.47 Å². The van der Waals surface area contributed by atoms with Crippen LogP contribution in [0.15, 0.2) is 18.2 Å². The Labute approximate surface area is 121 Å². The van der Waals surface area contributed by atoms with Crippen LogP contribution in [0.5, 0.6) is 5.75 Å². The lowest BCUT2D eigenvalue weighted by Crippen LogP contribution is -2.12. The highest BCUT2D eigenvalue weighted by molar-refractivity contribution is 6.34. The quantitative estimate of drug-likeness (QED) is 0.595. The van der Waals surface area contributed by atoms with E-state index in [0.717, 1.165) is 6.42 Å². The Bertz CT molecular complexity index is 440. The van der Waals surface area contributed by atoms with Crippen molar-refractivity contribution in [2.45, 2.75) is 26.2 Å². The van der Waals surface area contributed by atoms with Crippen molar-refractivity contribution in [2.24, 2.45) is 0 Å². The number of benzene rings is 1. The van der Waals surface area contributed by atoms with Gasteiger partial charge in [-0.3, -0.25) is 9.59 Å². The second-order valence-electron chi connectivity index (χ2n) is 3.80. The van der Waals surface area contributed by atoms with Gasteiger partial charge in [0.05, 0.1) is 19.4 Å². The van der Waals surface area contributed by atoms with Crippen LogP contribution in [0, 0.1) is 0 Å². The van der Waals surface area contributed by atoms with Crippen molar-refractivity contribution in [3.63, 3.8) is 0 Å². The third-order valence-corrected chi connectivity index (χ3v) is 2.50. The molecule has 104 valence electrons. The van der Waals surface area contributed by atoms with Crippen molar-refractivity contribution in [1.82, 2.24) is 0 Å². The molecule has 0 spiro atoms. The summed E-state index contributed by atoms with van der Waals surface area (Å²) in [5.41, 5.74) is 0. The Morgan fingerprint density at radius 3 is 2.21 bits per heavy atom. The molecule has 0 aliphatic rings. The van der Waals surface area contributed by atoms with Crippen molar-refractivity contribution in [2.75, 3.05) is 6.61 Å². The third-order valence-electron chi connectivity index (χ3n) is 2.07. The van der Waals surface area contributed by atoms with Crippen LogP contribution in [-0.2, 0) is 14.3 Å². The van der Waals surface area contributed by atoms with Gasteiger partial charge in [-0.1, -0.05) is 30.1 Å². The van der Waals surface area contributed by atoms with Crippen molar-refractivity contribution < 1.29 is 19.1 Å². The molecule has 0 aliphatic carbocycles. The van der Waals surface area contributed by atoms with E-state index in [1.807, 2.05) is 6.92 Å². The van der Waals surface area contributed by atoms with Crippen LogP contribution in [-0.4, -0.2) is 18.5 Å². The molecule has 0 aromatic heterocycles. The molecule has 0 atom stereocenters. The van der Waals surface area contributed by atoms with E-state index in [1.165, 1.54) is 18.2 Å². The minimum Gasteiger partial charge on any atom is -0.466 e. The Balaban J connectivity index is 2.40. The molecule has 19 heavy (non-hydrogen) atoms. The number of hydrogen-bond donors (Lipinski definition) is 0. The summed E-state index contributed by atoms with van der Waals surface area (Å²) < 4.78 is 9.86. The van der Waals surface area contributed by atoms with E-state index >= 15 is 0 Å². The van der Waals surface area contributed by atoms with Gasteiger partial charge in [-0.25, -0.2) is 0 Å². The fraction of sp³-hybridized carbons (Fsp3) is 0.385. The summed E-state index contributed by atoms with van der Waals surface area (Å²) >= 11 is 11.5. The lowest BCUT2D eigenvalue weighted by atomic mass is 10.3. The second-order valence-corrected chi connectivity index (χ2v) is 4.67. The maximum Gasteiger partial charge on any atom is 0.311 e. The molecule has 1 aromatic carbocycles. The minimum atomic E-state index is -0.535. The molecule has 0 amide bonds. The number of esters is 2. The maximum atomic E-state index is 11.5. The fourth-order valence-corrected chi connectivity index (χ4v) is 1.77.